The van der Waals surface area contributed by atoms with Crippen molar-refractivity contribution in [3.63, 3.8) is 0 Å². The first kappa shape index (κ1) is 9.71. The van der Waals surface area contributed by atoms with Crippen molar-refractivity contribution in [1.82, 2.24) is 9.55 Å². The van der Waals surface area contributed by atoms with Crippen LogP contribution >= 0.6 is 15.9 Å². The monoisotopic (exact) mass is 252 g/mol. The lowest BCUT2D eigenvalue weighted by molar-refractivity contribution is 0.621. The molecule has 2 aromatic rings. The molecule has 0 bridgehead atoms. The second kappa shape index (κ2) is 3.39. The van der Waals surface area contributed by atoms with Gasteiger partial charge in [0, 0.05) is 23.8 Å². The van der Waals surface area contributed by atoms with E-state index in [1.807, 2.05) is 6.20 Å². The molecule has 0 atom stereocenters. The predicted molar refractivity (Wildman–Crippen MR) is 62.6 cm³/mol. The van der Waals surface area contributed by atoms with Crippen LogP contribution in [0.1, 0.15) is 25.5 Å². The van der Waals surface area contributed by atoms with Gasteiger partial charge in [0.2, 0.25) is 0 Å². The summed E-state index contributed by atoms with van der Waals surface area (Å²) in [6.07, 6.45) is 4.11. The zero-order valence-electron chi connectivity index (χ0n) is 8.58. The van der Waals surface area contributed by atoms with E-state index in [1.54, 1.807) is 0 Å². The summed E-state index contributed by atoms with van der Waals surface area (Å²) in [6.45, 7) is 6.50. The number of hydrogen-bond donors (Lipinski definition) is 0. The van der Waals surface area contributed by atoms with E-state index in [1.165, 1.54) is 16.5 Å². The number of nitrogens with zero attached hydrogens (tertiary/aromatic N) is 2. The molecule has 0 amide bonds. The van der Waals surface area contributed by atoms with E-state index in [2.05, 4.69) is 58.5 Å². The molecule has 14 heavy (non-hydrogen) atoms. The molecule has 0 saturated carbocycles. The Hall–Kier alpha value is -0.830. The number of aryl methyl sites for hydroxylation is 1. The van der Waals surface area contributed by atoms with E-state index < -0.39 is 0 Å². The van der Waals surface area contributed by atoms with Crippen LogP contribution in [-0.2, 0) is 0 Å². The Morgan fingerprint density at radius 3 is 2.79 bits per heavy atom. The Kier molecular flexibility index (Phi) is 2.35. The molecule has 2 nitrogen and oxygen atoms in total. The van der Waals surface area contributed by atoms with Gasteiger partial charge in [-0.05, 0) is 48.3 Å². The van der Waals surface area contributed by atoms with Crippen LogP contribution in [0.4, 0.5) is 0 Å². The maximum absolute atomic E-state index is 4.24. The second-order valence-corrected chi connectivity index (χ2v) is 4.65. The highest BCUT2D eigenvalue weighted by Crippen LogP contribution is 2.25. The smallest absolute Gasteiger partial charge is 0.108 e. The minimum atomic E-state index is 0.487. The van der Waals surface area contributed by atoms with E-state index >= 15 is 0 Å². The Morgan fingerprint density at radius 2 is 2.14 bits per heavy atom. The van der Waals surface area contributed by atoms with Gasteiger partial charge in [-0.1, -0.05) is 0 Å². The molecule has 0 saturated heterocycles. The van der Waals surface area contributed by atoms with Crippen molar-refractivity contribution in [2.24, 2.45) is 0 Å². The van der Waals surface area contributed by atoms with Gasteiger partial charge in [-0.15, -0.1) is 0 Å². The lowest BCUT2D eigenvalue weighted by atomic mass is 10.2. The molecule has 0 aliphatic heterocycles. The van der Waals surface area contributed by atoms with Gasteiger partial charge in [0.15, 0.2) is 0 Å². The molecule has 0 spiro atoms. The summed E-state index contributed by atoms with van der Waals surface area (Å²) in [6, 6.07) is 2.56. The Balaban J connectivity index is 2.79. The second-order valence-electron chi connectivity index (χ2n) is 3.84. The largest absolute Gasteiger partial charge is 0.345 e. The van der Waals surface area contributed by atoms with E-state index in [0.717, 1.165) is 4.60 Å². The minimum Gasteiger partial charge on any atom is -0.345 e. The molecule has 0 fully saturated rings. The summed E-state index contributed by atoms with van der Waals surface area (Å²) in [5.74, 6) is 0. The summed E-state index contributed by atoms with van der Waals surface area (Å²) >= 11 is 3.40. The van der Waals surface area contributed by atoms with E-state index in [0.29, 0.717) is 6.04 Å². The van der Waals surface area contributed by atoms with Crippen LogP contribution in [0.3, 0.4) is 0 Å². The molecule has 2 aromatic heterocycles. The van der Waals surface area contributed by atoms with Gasteiger partial charge in [0.1, 0.15) is 4.60 Å². The average molecular weight is 253 g/mol. The molecule has 0 aliphatic rings. The molecule has 3 heteroatoms. The number of fused-ring (bicyclic) bond motifs is 1. The van der Waals surface area contributed by atoms with Crippen molar-refractivity contribution in [2.75, 3.05) is 0 Å². The maximum atomic E-state index is 4.24. The number of pyridine rings is 1. The third-order valence-electron chi connectivity index (χ3n) is 2.44. The number of halogens is 1. The van der Waals surface area contributed by atoms with Crippen molar-refractivity contribution >= 4 is 26.8 Å². The Morgan fingerprint density at radius 1 is 1.43 bits per heavy atom. The summed E-state index contributed by atoms with van der Waals surface area (Å²) in [5, 5.41) is 1.24. The third kappa shape index (κ3) is 1.46. The van der Waals surface area contributed by atoms with E-state index in [-0.39, 0.29) is 0 Å². The molecule has 0 unspecified atom stereocenters. The van der Waals surface area contributed by atoms with Crippen LogP contribution in [-0.4, -0.2) is 9.55 Å². The quantitative estimate of drug-likeness (QED) is 0.709. The van der Waals surface area contributed by atoms with Crippen LogP contribution in [0.5, 0.6) is 0 Å². The highest BCUT2D eigenvalue weighted by Gasteiger charge is 2.08. The van der Waals surface area contributed by atoms with Gasteiger partial charge in [0.05, 0.1) is 5.52 Å². The van der Waals surface area contributed by atoms with Gasteiger partial charge in [-0.25, -0.2) is 4.98 Å². The lowest BCUT2D eigenvalue weighted by Gasteiger charge is -2.08. The predicted octanol–water partition coefficient (Wildman–Crippen LogP) is 3.69. The third-order valence-corrected chi connectivity index (χ3v) is 2.87. The van der Waals surface area contributed by atoms with Crippen LogP contribution in [0, 0.1) is 6.92 Å². The number of aromatic nitrogens is 2. The summed E-state index contributed by atoms with van der Waals surface area (Å²) < 4.78 is 3.17. The first-order valence-electron chi connectivity index (χ1n) is 4.72. The first-order valence-corrected chi connectivity index (χ1v) is 5.51. The molecule has 0 radical (unpaired) electrons. The molecule has 2 heterocycles. The van der Waals surface area contributed by atoms with Crippen molar-refractivity contribution in [3.8, 4) is 0 Å². The van der Waals surface area contributed by atoms with Crippen LogP contribution < -0.4 is 0 Å². The molecule has 0 aromatic carbocycles. The fourth-order valence-corrected chi connectivity index (χ4v) is 2.03. The highest BCUT2D eigenvalue weighted by atomic mass is 79.9. The zero-order chi connectivity index (χ0) is 10.3. The number of hydrogen-bond acceptors (Lipinski definition) is 1. The maximum Gasteiger partial charge on any atom is 0.108 e. The molecular weight excluding hydrogens is 240 g/mol. The summed E-state index contributed by atoms with van der Waals surface area (Å²) in [4.78, 5) is 4.24. The Bertz CT molecular complexity index is 471. The van der Waals surface area contributed by atoms with Crippen LogP contribution in [0.25, 0.3) is 10.9 Å². The van der Waals surface area contributed by atoms with Crippen molar-refractivity contribution in [2.45, 2.75) is 26.8 Å². The molecule has 2 rings (SSSR count). The van der Waals surface area contributed by atoms with Gasteiger partial charge in [-0.3, -0.25) is 0 Å². The summed E-state index contributed by atoms with van der Waals surface area (Å²) in [7, 11) is 0. The first-order chi connectivity index (χ1) is 6.59. The van der Waals surface area contributed by atoms with Gasteiger partial charge >= 0.3 is 0 Å². The average Bonchev–Trinajstić information content (AvgIpc) is 2.43. The van der Waals surface area contributed by atoms with Crippen molar-refractivity contribution < 1.29 is 0 Å². The van der Waals surface area contributed by atoms with Crippen molar-refractivity contribution in [1.29, 1.82) is 0 Å². The normalized spacial score (nSPS) is 11.5. The standard InChI is InChI=1S/C11H13BrN2/c1-7(2)14-6-8(3)9-5-13-11(12)4-10(9)14/h4-7H,1-3H3. The van der Waals surface area contributed by atoms with Gasteiger partial charge < -0.3 is 4.57 Å². The van der Waals surface area contributed by atoms with Gasteiger partial charge in [-0.2, -0.15) is 0 Å². The topological polar surface area (TPSA) is 17.8 Å². The van der Waals surface area contributed by atoms with E-state index in [9.17, 15) is 0 Å². The molecular formula is C11H13BrN2. The Labute approximate surface area is 92.1 Å². The SMILES string of the molecule is Cc1cn(C(C)C)c2cc(Br)ncc12. The fraction of sp³-hybridized carbons (Fsp3) is 0.364. The molecule has 0 N–H and O–H groups in total. The summed E-state index contributed by atoms with van der Waals surface area (Å²) in [5.41, 5.74) is 2.54. The zero-order valence-corrected chi connectivity index (χ0v) is 10.2. The van der Waals surface area contributed by atoms with Crippen LogP contribution in [0.15, 0.2) is 23.1 Å². The number of rotatable bonds is 1. The van der Waals surface area contributed by atoms with Crippen molar-refractivity contribution in [3.05, 3.63) is 28.6 Å². The minimum absolute atomic E-state index is 0.487. The molecule has 74 valence electrons. The fourth-order valence-electron chi connectivity index (χ4n) is 1.71. The molecule has 0 aliphatic carbocycles. The van der Waals surface area contributed by atoms with Crippen LogP contribution in [0.2, 0.25) is 0 Å². The lowest BCUT2D eigenvalue weighted by Crippen LogP contribution is -1.97. The highest BCUT2D eigenvalue weighted by molar-refractivity contribution is 9.10. The van der Waals surface area contributed by atoms with Gasteiger partial charge in [0.25, 0.3) is 0 Å². The van der Waals surface area contributed by atoms with E-state index in [4.69, 9.17) is 0 Å².